The predicted octanol–water partition coefficient (Wildman–Crippen LogP) is 3.43. The van der Waals surface area contributed by atoms with Gasteiger partial charge in [-0.1, -0.05) is 12.1 Å². The van der Waals surface area contributed by atoms with Gasteiger partial charge in [0.2, 0.25) is 0 Å². The third kappa shape index (κ3) is 6.49. The Labute approximate surface area is 105 Å². The molecule has 1 unspecified atom stereocenters. The molecule has 0 aliphatic rings. The van der Waals surface area contributed by atoms with Crippen LogP contribution in [0.25, 0.3) is 0 Å². The van der Waals surface area contributed by atoms with Crippen molar-refractivity contribution < 1.29 is 17.9 Å². The minimum atomic E-state index is -4.13. The van der Waals surface area contributed by atoms with E-state index in [0.29, 0.717) is 13.0 Å². The Kier molecular flexibility index (Phi) is 5.47. The van der Waals surface area contributed by atoms with E-state index in [2.05, 4.69) is 0 Å². The van der Waals surface area contributed by atoms with Gasteiger partial charge in [-0.15, -0.1) is 0 Å². The lowest BCUT2D eigenvalue weighted by Crippen LogP contribution is -2.25. The molecule has 102 valence electrons. The van der Waals surface area contributed by atoms with Crippen molar-refractivity contribution in [1.29, 1.82) is 0 Å². The molecular formula is C13H18F3NO. The monoisotopic (exact) mass is 261 g/mol. The molecule has 1 aromatic rings. The molecular weight excluding hydrogens is 243 g/mol. The predicted molar refractivity (Wildman–Crippen MR) is 64.6 cm³/mol. The molecule has 1 atom stereocenters. The van der Waals surface area contributed by atoms with E-state index in [1.54, 1.807) is 0 Å². The molecule has 1 aromatic carbocycles. The summed E-state index contributed by atoms with van der Waals surface area (Å²) < 4.78 is 41.3. The molecule has 0 saturated heterocycles. The first kappa shape index (κ1) is 14.8. The maximum absolute atomic E-state index is 12.0. The minimum Gasteiger partial charge on any atom is -0.494 e. The number of halogens is 3. The van der Waals surface area contributed by atoms with Gasteiger partial charge >= 0.3 is 6.18 Å². The van der Waals surface area contributed by atoms with Gasteiger partial charge in [0, 0.05) is 12.5 Å². The number of hydrogen-bond acceptors (Lipinski definition) is 2. The summed E-state index contributed by atoms with van der Waals surface area (Å²) in [4.78, 5) is 0. The van der Waals surface area contributed by atoms with Crippen LogP contribution in [0.5, 0.6) is 5.75 Å². The summed E-state index contributed by atoms with van der Waals surface area (Å²) in [6.07, 6.45) is -4.60. The smallest absolute Gasteiger partial charge is 0.389 e. The van der Waals surface area contributed by atoms with E-state index >= 15 is 0 Å². The van der Waals surface area contributed by atoms with Crippen molar-refractivity contribution in [3.05, 3.63) is 29.8 Å². The Morgan fingerprint density at radius 3 is 2.61 bits per heavy atom. The zero-order valence-electron chi connectivity index (χ0n) is 10.3. The number of alkyl halides is 3. The molecule has 0 aliphatic carbocycles. The van der Waals surface area contributed by atoms with Crippen molar-refractivity contribution in [2.45, 2.75) is 38.4 Å². The molecule has 0 aromatic heterocycles. The van der Waals surface area contributed by atoms with Crippen molar-refractivity contribution in [3.63, 3.8) is 0 Å². The summed E-state index contributed by atoms with van der Waals surface area (Å²) in [5.41, 5.74) is 6.67. The molecule has 0 saturated carbocycles. The number of hydrogen-bond donors (Lipinski definition) is 1. The largest absolute Gasteiger partial charge is 0.494 e. The maximum atomic E-state index is 12.0. The molecule has 2 N–H and O–H groups in total. The number of nitrogens with two attached hydrogens (primary N) is 1. The van der Waals surface area contributed by atoms with Gasteiger partial charge in [0.1, 0.15) is 5.75 Å². The summed E-state index contributed by atoms with van der Waals surface area (Å²) in [5.74, 6) is 0.720. The number of rotatable bonds is 6. The first-order valence-corrected chi connectivity index (χ1v) is 5.88. The number of benzene rings is 1. The van der Waals surface area contributed by atoms with E-state index in [4.69, 9.17) is 10.5 Å². The zero-order chi connectivity index (χ0) is 13.6. The molecule has 2 nitrogen and oxygen atoms in total. The highest BCUT2D eigenvalue weighted by Crippen LogP contribution is 2.22. The first-order valence-electron chi connectivity index (χ1n) is 5.88. The summed E-state index contributed by atoms with van der Waals surface area (Å²) >= 11 is 0. The van der Waals surface area contributed by atoms with E-state index < -0.39 is 18.6 Å². The van der Waals surface area contributed by atoms with E-state index in [1.165, 1.54) is 0 Å². The Morgan fingerprint density at radius 1 is 1.28 bits per heavy atom. The van der Waals surface area contributed by atoms with Crippen molar-refractivity contribution in [1.82, 2.24) is 0 Å². The Morgan fingerprint density at radius 2 is 2.00 bits per heavy atom. The molecule has 5 heteroatoms. The van der Waals surface area contributed by atoms with Crippen molar-refractivity contribution in [2.75, 3.05) is 6.61 Å². The van der Waals surface area contributed by atoms with Crippen LogP contribution in [-0.2, 0) is 0 Å². The van der Waals surface area contributed by atoms with Crippen molar-refractivity contribution in [2.24, 2.45) is 5.73 Å². The standard InChI is InChI=1S/C13H18F3NO/c1-10-3-2-4-12(9-10)18-8-6-11(17)5-7-13(14,15)16/h2-4,9,11H,5-8,17H2,1H3. The van der Waals surface area contributed by atoms with Gasteiger partial charge in [-0.25, -0.2) is 0 Å². The lowest BCUT2D eigenvalue weighted by molar-refractivity contribution is -0.136. The van der Waals surface area contributed by atoms with Crippen molar-refractivity contribution in [3.8, 4) is 5.75 Å². The van der Waals surface area contributed by atoms with Crippen LogP contribution in [0.15, 0.2) is 24.3 Å². The van der Waals surface area contributed by atoms with Gasteiger partial charge in [-0.05, 0) is 37.5 Å². The van der Waals surface area contributed by atoms with Crippen LogP contribution >= 0.6 is 0 Å². The molecule has 0 aliphatic heterocycles. The Hall–Kier alpha value is -1.23. The highest BCUT2D eigenvalue weighted by atomic mass is 19.4. The average molecular weight is 261 g/mol. The summed E-state index contributed by atoms with van der Waals surface area (Å²) in [6.45, 7) is 2.28. The van der Waals surface area contributed by atoms with Gasteiger partial charge in [-0.3, -0.25) is 0 Å². The third-order valence-corrected chi connectivity index (χ3v) is 2.55. The average Bonchev–Trinajstić information content (AvgIpc) is 2.25. The highest BCUT2D eigenvalue weighted by molar-refractivity contribution is 5.27. The molecule has 0 bridgehead atoms. The van der Waals surface area contributed by atoms with Crippen LogP contribution in [0.2, 0.25) is 0 Å². The van der Waals surface area contributed by atoms with E-state index in [-0.39, 0.29) is 6.42 Å². The van der Waals surface area contributed by atoms with E-state index in [9.17, 15) is 13.2 Å². The van der Waals surface area contributed by atoms with Crippen LogP contribution in [0.4, 0.5) is 13.2 Å². The van der Waals surface area contributed by atoms with Crippen LogP contribution in [0.1, 0.15) is 24.8 Å². The van der Waals surface area contributed by atoms with Gasteiger partial charge < -0.3 is 10.5 Å². The highest BCUT2D eigenvalue weighted by Gasteiger charge is 2.27. The summed E-state index contributed by atoms with van der Waals surface area (Å²) in [6, 6.07) is 7.03. The second-order valence-corrected chi connectivity index (χ2v) is 4.37. The molecule has 0 spiro atoms. The topological polar surface area (TPSA) is 35.2 Å². The SMILES string of the molecule is Cc1cccc(OCCC(N)CCC(F)(F)F)c1. The Bertz CT molecular complexity index is 365. The molecule has 0 heterocycles. The molecule has 0 radical (unpaired) electrons. The fourth-order valence-electron chi connectivity index (χ4n) is 1.53. The lowest BCUT2D eigenvalue weighted by Gasteiger charge is -2.13. The number of aryl methyl sites for hydroxylation is 1. The second kappa shape index (κ2) is 6.64. The van der Waals surface area contributed by atoms with Gasteiger partial charge in [0.05, 0.1) is 6.61 Å². The van der Waals surface area contributed by atoms with Crippen LogP contribution in [0.3, 0.4) is 0 Å². The molecule has 0 fully saturated rings. The fourth-order valence-corrected chi connectivity index (χ4v) is 1.53. The van der Waals surface area contributed by atoms with Crippen molar-refractivity contribution >= 4 is 0 Å². The minimum absolute atomic E-state index is 0.0549. The van der Waals surface area contributed by atoms with Gasteiger partial charge in [0.15, 0.2) is 0 Å². The van der Waals surface area contributed by atoms with Crippen LogP contribution < -0.4 is 10.5 Å². The molecule has 18 heavy (non-hydrogen) atoms. The van der Waals surface area contributed by atoms with Gasteiger partial charge in [0.25, 0.3) is 0 Å². The second-order valence-electron chi connectivity index (χ2n) is 4.37. The lowest BCUT2D eigenvalue weighted by atomic mass is 10.1. The normalized spacial score (nSPS) is 13.4. The first-order chi connectivity index (χ1) is 8.37. The van der Waals surface area contributed by atoms with E-state index in [1.807, 2.05) is 31.2 Å². The Balaban J connectivity index is 2.21. The molecule has 1 rings (SSSR count). The quantitative estimate of drug-likeness (QED) is 0.851. The molecule has 0 amide bonds. The fraction of sp³-hybridized carbons (Fsp3) is 0.538. The van der Waals surface area contributed by atoms with E-state index in [0.717, 1.165) is 11.3 Å². The maximum Gasteiger partial charge on any atom is 0.389 e. The summed E-state index contributed by atoms with van der Waals surface area (Å²) in [7, 11) is 0. The van der Waals surface area contributed by atoms with Crippen LogP contribution in [0, 0.1) is 6.92 Å². The zero-order valence-corrected chi connectivity index (χ0v) is 10.3. The summed E-state index contributed by atoms with van der Waals surface area (Å²) in [5, 5.41) is 0. The number of ether oxygens (including phenoxy) is 1. The van der Waals surface area contributed by atoms with Crippen LogP contribution in [-0.4, -0.2) is 18.8 Å². The third-order valence-electron chi connectivity index (χ3n) is 2.55. The van der Waals surface area contributed by atoms with Gasteiger partial charge in [-0.2, -0.15) is 13.2 Å².